The molecule has 0 radical (unpaired) electrons. The third-order valence-corrected chi connectivity index (χ3v) is 6.64. The van der Waals surface area contributed by atoms with E-state index in [9.17, 15) is 14.4 Å². The molecule has 218 valence electrons. The molecule has 1 atom stereocenters. The van der Waals surface area contributed by atoms with E-state index in [0.717, 1.165) is 6.07 Å². The van der Waals surface area contributed by atoms with Crippen LogP contribution < -0.4 is 31.3 Å². The average Bonchev–Trinajstić information content (AvgIpc) is 2.94. The molecule has 2 aromatic carbocycles. The Kier molecular flexibility index (Phi) is 9.00. The SMILES string of the molecule is CCOC(=O)CCNC(=O)c1cn2c3c(c(NC(C)CCN(C)/C=C\N)c(F)cc3c1=O)Oc1cc(OC)ccc1-2. The van der Waals surface area contributed by atoms with Crippen LogP contribution in [0.15, 0.2) is 47.7 Å². The highest BCUT2D eigenvalue weighted by Gasteiger charge is 2.29. The molecule has 1 amide bonds. The van der Waals surface area contributed by atoms with Crippen molar-refractivity contribution in [1.82, 2.24) is 14.8 Å². The van der Waals surface area contributed by atoms with Gasteiger partial charge in [0.15, 0.2) is 17.3 Å². The molecule has 1 aliphatic rings. The van der Waals surface area contributed by atoms with Crippen molar-refractivity contribution in [3.05, 3.63) is 64.5 Å². The third-order valence-electron chi connectivity index (χ3n) is 6.64. The summed E-state index contributed by atoms with van der Waals surface area (Å²) < 4.78 is 33.8. The van der Waals surface area contributed by atoms with Gasteiger partial charge in [-0.25, -0.2) is 4.39 Å². The van der Waals surface area contributed by atoms with Gasteiger partial charge in [-0.2, -0.15) is 0 Å². The molecule has 0 fully saturated rings. The molecule has 3 aromatic rings. The number of anilines is 1. The second-order valence-corrected chi connectivity index (χ2v) is 9.60. The molecule has 1 aromatic heterocycles. The van der Waals surface area contributed by atoms with Crippen molar-refractivity contribution in [3.8, 4) is 22.9 Å². The van der Waals surface area contributed by atoms with Crippen molar-refractivity contribution < 1.29 is 28.2 Å². The number of carbonyl (C=O) groups is 2. The summed E-state index contributed by atoms with van der Waals surface area (Å²) in [4.78, 5) is 40.1. The minimum Gasteiger partial charge on any atom is -0.497 e. The number of methoxy groups -OCH3 is 1. The normalized spacial score (nSPS) is 12.4. The summed E-state index contributed by atoms with van der Waals surface area (Å²) in [5.41, 5.74) is 5.52. The van der Waals surface area contributed by atoms with Crippen molar-refractivity contribution in [2.45, 2.75) is 32.7 Å². The second-order valence-electron chi connectivity index (χ2n) is 9.60. The van der Waals surface area contributed by atoms with E-state index in [1.54, 1.807) is 35.9 Å². The summed E-state index contributed by atoms with van der Waals surface area (Å²) in [6, 6.07) is 6.03. The summed E-state index contributed by atoms with van der Waals surface area (Å²) in [5, 5.41) is 5.75. The molecule has 11 nitrogen and oxygen atoms in total. The van der Waals surface area contributed by atoms with E-state index < -0.39 is 23.1 Å². The van der Waals surface area contributed by atoms with Crippen molar-refractivity contribution in [2.24, 2.45) is 5.73 Å². The minimum atomic E-state index is -0.704. The number of nitrogens with zero attached hydrogens (tertiary/aromatic N) is 2. The van der Waals surface area contributed by atoms with Gasteiger partial charge in [0.05, 0.1) is 31.2 Å². The summed E-state index contributed by atoms with van der Waals surface area (Å²) in [5.74, 6) is -0.888. The van der Waals surface area contributed by atoms with Crippen LogP contribution in [-0.2, 0) is 9.53 Å². The number of nitrogens with one attached hydrogen (secondary N) is 2. The van der Waals surface area contributed by atoms with Crippen LogP contribution in [0.4, 0.5) is 10.1 Å². The van der Waals surface area contributed by atoms with Gasteiger partial charge in [0.2, 0.25) is 5.43 Å². The summed E-state index contributed by atoms with van der Waals surface area (Å²) in [7, 11) is 3.40. The number of rotatable bonds is 12. The van der Waals surface area contributed by atoms with Crippen LogP contribution >= 0.6 is 0 Å². The summed E-state index contributed by atoms with van der Waals surface area (Å²) in [6.07, 6.45) is 5.19. The number of halogens is 1. The molecule has 1 aliphatic heterocycles. The van der Waals surface area contributed by atoms with Crippen LogP contribution in [0.2, 0.25) is 0 Å². The van der Waals surface area contributed by atoms with Gasteiger partial charge in [0.1, 0.15) is 22.5 Å². The molecule has 1 unspecified atom stereocenters. The number of aromatic nitrogens is 1. The van der Waals surface area contributed by atoms with Gasteiger partial charge in [-0.05, 0) is 38.5 Å². The largest absolute Gasteiger partial charge is 0.497 e. The van der Waals surface area contributed by atoms with Gasteiger partial charge in [-0.1, -0.05) is 0 Å². The molecule has 41 heavy (non-hydrogen) atoms. The lowest BCUT2D eigenvalue weighted by molar-refractivity contribution is -0.142. The summed E-state index contributed by atoms with van der Waals surface area (Å²) in [6.45, 7) is 4.45. The van der Waals surface area contributed by atoms with E-state index in [-0.39, 0.29) is 48.0 Å². The lowest BCUT2D eigenvalue weighted by atomic mass is 10.1. The first-order valence-corrected chi connectivity index (χ1v) is 13.3. The molecular weight excluding hydrogens is 533 g/mol. The van der Waals surface area contributed by atoms with Gasteiger partial charge >= 0.3 is 5.97 Å². The highest BCUT2D eigenvalue weighted by molar-refractivity contribution is 6.01. The van der Waals surface area contributed by atoms with Crippen molar-refractivity contribution >= 4 is 28.5 Å². The number of fused-ring (bicyclic) bond motifs is 2. The Labute approximate surface area is 236 Å². The Bertz CT molecular complexity index is 1550. The highest BCUT2D eigenvalue weighted by Crippen LogP contribution is 2.46. The predicted molar refractivity (Wildman–Crippen MR) is 153 cm³/mol. The van der Waals surface area contributed by atoms with Gasteiger partial charge in [-0.15, -0.1) is 0 Å². The zero-order chi connectivity index (χ0) is 29.7. The van der Waals surface area contributed by atoms with E-state index in [0.29, 0.717) is 35.7 Å². The maximum absolute atomic E-state index is 15.7. The highest BCUT2D eigenvalue weighted by atomic mass is 19.1. The zero-order valence-corrected chi connectivity index (χ0v) is 23.5. The molecule has 4 N–H and O–H groups in total. The topological polar surface area (TPSA) is 137 Å². The number of ether oxygens (including phenoxy) is 3. The Balaban J connectivity index is 1.78. The Morgan fingerprint density at radius 3 is 2.78 bits per heavy atom. The lowest BCUT2D eigenvalue weighted by Gasteiger charge is -2.28. The molecule has 4 rings (SSSR count). The molecule has 0 saturated heterocycles. The average molecular weight is 568 g/mol. The van der Waals surface area contributed by atoms with Crippen LogP contribution in [0.5, 0.6) is 17.2 Å². The Morgan fingerprint density at radius 2 is 2.07 bits per heavy atom. The first-order chi connectivity index (χ1) is 19.7. The zero-order valence-electron chi connectivity index (χ0n) is 23.5. The molecule has 12 heteroatoms. The van der Waals surface area contributed by atoms with Gasteiger partial charge in [0.25, 0.3) is 5.91 Å². The molecule has 0 spiro atoms. The number of hydrogen-bond donors (Lipinski definition) is 3. The van der Waals surface area contributed by atoms with Crippen molar-refractivity contribution in [2.75, 3.05) is 39.2 Å². The minimum absolute atomic E-state index is 0.0250. The van der Waals surface area contributed by atoms with E-state index >= 15 is 4.39 Å². The standard InChI is InChI=1S/C29H34FN5O6/c1-5-40-24(36)8-11-32-29(38)20-16-35-22-7-6-18(39-4)14-23(22)41-28-25(21(30)15-19(26(28)35)27(20)37)33-17(2)9-12-34(3)13-10-31/h6-7,10,13-17,33H,5,8-9,11-12,31H2,1-4H3,(H,32,38)/b13-10-. The number of esters is 1. The molecule has 2 heterocycles. The van der Waals surface area contributed by atoms with Crippen LogP contribution in [0, 0.1) is 5.82 Å². The number of pyridine rings is 1. The fourth-order valence-electron chi connectivity index (χ4n) is 4.57. The maximum Gasteiger partial charge on any atom is 0.307 e. The predicted octanol–water partition coefficient (Wildman–Crippen LogP) is 3.48. The second kappa shape index (κ2) is 12.6. The number of nitrogens with two attached hydrogens (primary N) is 1. The van der Waals surface area contributed by atoms with E-state index in [1.165, 1.54) is 19.5 Å². The van der Waals surface area contributed by atoms with Crippen LogP contribution in [0.25, 0.3) is 16.6 Å². The van der Waals surface area contributed by atoms with Crippen molar-refractivity contribution in [3.63, 3.8) is 0 Å². The van der Waals surface area contributed by atoms with Gasteiger partial charge in [-0.3, -0.25) is 14.4 Å². The lowest BCUT2D eigenvalue weighted by Crippen LogP contribution is -2.32. The van der Waals surface area contributed by atoms with Crippen LogP contribution in [0.1, 0.15) is 37.0 Å². The maximum atomic E-state index is 15.7. The van der Waals surface area contributed by atoms with Crippen LogP contribution in [-0.4, -0.2) is 61.2 Å². The van der Waals surface area contributed by atoms with E-state index in [2.05, 4.69) is 10.6 Å². The van der Waals surface area contributed by atoms with E-state index in [1.807, 2.05) is 18.9 Å². The number of benzene rings is 2. The fourth-order valence-corrected chi connectivity index (χ4v) is 4.57. The fraction of sp³-hybridized carbons (Fsp3) is 0.345. The van der Waals surface area contributed by atoms with Crippen LogP contribution in [0.3, 0.4) is 0 Å². The third kappa shape index (κ3) is 6.21. The molecule has 0 saturated carbocycles. The quantitative estimate of drug-likeness (QED) is 0.220. The summed E-state index contributed by atoms with van der Waals surface area (Å²) >= 11 is 0. The number of hydrogen-bond acceptors (Lipinski definition) is 9. The van der Waals surface area contributed by atoms with Crippen molar-refractivity contribution in [1.29, 1.82) is 0 Å². The first kappa shape index (κ1) is 29.2. The van der Waals surface area contributed by atoms with Gasteiger partial charge in [0, 0.05) is 50.8 Å². The van der Waals surface area contributed by atoms with Gasteiger partial charge < -0.3 is 40.0 Å². The van der Waals surface area contributed by atoms with E-state index in [4.69, 9.17) is 19.9 Å². The monoisotopic (exact) mass is 567 g/mol. The Morgan fingerprint density at radius 1 is 1.29 bits per heavy atom. The molecule has 0 bridgehead atoms. The number of carbonyl (C=O) groups excluding carboxylic acids is 2. The Hall–Kier alpha value is -4.74. The number of amides is 1. The first-order valence-electron chi connectivity index (χ1n) is 13.3. The molecular formula is C29H34FN5O6. The molecule has 0 aliphatic carbocycles. The smallest absolute Gasteiger partial charge is 0.307 e.